The molecular formula is C26H31N3O4. The number of ether oxygens (including phenoxy) is 1. The van der Waals surface area contributed by atoms with Crippen molar-refractivity contribution in [2.45, 2.75) is 59.7 Å². The third kappa shape index (κ3) is 6.06. The van der Waals surface area contributed by atoms with Crippen LogP contribution >= 0.6 is 0 Å². The van der Waals surface area contributed by atoms with Crippen LogP contribution in [0.5, 0.6) is 0 Å². The average Bonchev–Trinajstić information content (AvgIpc) is 2.75. The molecule has 3 rings (SSSR count). The van der Waals surface area contributed by atoms with Gasteiger partial charge in [0.2, 0.25) is 0 Å². The lowest BCUT2D eigenvalue weighted by molar-refractivity contribution is -0.147. The van der Waals surface area contributed by atoms with Crippen molar-refractivity contribution in [3.8, 4) is 0 Å². The van der Waals surface area contributed by atoms with Gasteiger partial charge in [0.25, 0.3) is 11.5 Å². The molecule has 1 unspecified atom stereocenters. The first kappa shape index (κ1) is 24.2. The number of carbonyl (C=O) groups is 2. The smallest absolute Gasteiger partial charge is 0.308 e. The van der Waals surface area contributed by atoms with E-state index in [-0.39, 0.29) is 29.7 Å². The Hall–Kier alpha value is -3.48. The third-order valence-corrected chi connectivity index (χ3v) is 5.14. The lowest BCUT2D eigenvalue weighted by Crippen LogP contribution is -2.34. The van der Waals surface area contributed by atoms with E-state index in [1.54, 1.807) is 38.1 Å². The van der Waals surface area contributed by atoms with Gasteiger partial charge in [-0.25, -0.2) is 4.68 Å². The minimum absolute atomic E-state index is 0.0173. The van der Waals surface area contributed by atoms with Crippen LogP contribution < -0.4 is 10.9 Å². The number of nitrogens with zero attached hydrogens (tertiary/aromatic N) is 2. The highest BCUT2D eigenvalue weighted by Gasteiger charge is 2.24. The van der Waals surface area contributed by atoms with E-state index in [0.717, 1.165) is 11.1 Å². The van der Waals surface area contributed by atoms with Gasteiger partial charge < -0.3 is 10.1 Å². The third-order valence-electron chi connectivity index (χ3n) is 5.14. The second-order valence-electron chi connectivity index (χ2n) is 8.95. The second kappa shape index (κ2) is 10.4. The molecule has 1 amide bonds. The summed E-state index contributed by atoms with van der Waals surface area (Å²) in [5.41, 5.74) is 1.78. The molecule has 0 aliphatic rings. The molecule has 1 aromatic heterocycles. The monoisotopic (exact) mass is 449 g/mol. The van der Waals surface area contributed by atoms with Crippen LogP contribution in [0.3, 0.4) is 0 Å². The van der Waals surface area contributed by atoms with Crippen molar-refractivity contribution in [3.63, 3.8) is 0 Å². The fraction of sp³-hybridized carbons (Fsp3) is 0.385. The molecule has 174 valence electrons. The Labute approximate surface area is 193 Å². The minimum atomic E-state index is -0.601. The number of nitrogens with one attached hydrogen (secondary N) is 1. The summed E-state index contributed by atoms with van der Waals surface area (Å²) in [5.74, 6) is -0.677. The van der Waals surface area contributed by atoms with Crippen molar-refractivity contribution in [2.24, 2.45) is 5.92 Å². The van der Waals surface area contributed by atoms with Crippen LogP contribution in [0.15, 0.2) is 53.3 Å². The molecule has 33 heavy (non-hydrogen) atoms. The number of hydrogen-bond donors (Lipinski definition) is 1. The van der Waals surface area contributed by atoms with Gasteiger partial charge >= 0.3 is 5.97 Å². The summed E-state index contributed by atoms with van der Waals surface area (Å²) in [4.78, 5) is 38.7. The Bertz CT molecular complexity index is 1200. The molecule has 0 saturated heterocycles. The number of rotatable bonds is 8. The van der Waals surface area contributed by atoms with Gasteiger partial charge in [-0.2, -0.15) is 5.10 Å². The largest absolute Gasteiger partial charge is 0.463 e. The summed E-state index contributed by atoms with van der Waals surface area (Å²) in [5, 5.41) is 8.27. The molecular weight excluding hydrogens is 418 g/mol. The molecule has 2 aromatic carbocycles. The first-order chi connectivity index (χ1) is 15.7. The van der Waals surface area contributed by atoms with Crippen LogP contribution in [0.4, 0.5) is 0 Å². The van der Waals surface area contributed by atoms with Crippen LogP contribution in [0.1, 0.15) is 61.8 Å². The molecule has 0 fully saturated rings. The number of esters is 1. The van der Waals surface area contributed by atoms with E-state index >= 15 is 0 Å². The Morgan fingerprint density at radius 3 is 2.24 bits per heavy atom. The van der Waals surface area contributed by atoms with Crippen molar-refractivity contribution in [1.29, 1.82) is 0 Å². The first-order valence-electron chi connectivity index (χ1n) is 11.2. The highest BCUT2D eigenvalue weighted by atomic mass is 16.5. The maximum atomic E-state index is 13.4. The van der Waals surface area contributed by atoms with Gasteiger partial charge in [-0.1, -0.05) is 61.9 Å². The second-order valence-corrected chi connectivity index (χ2v) is 8.95. The molecule has 3 aromatic rings. The number of aromatic nitrogens is 2. The van der Waals surface area contributed by atoms with Crippen LogP contribution in [0, 0.1) is 12.8 Å². The van der Waals surface area contributed by atoms with Gasteiger partial charge in [-0.15, -0.1) is 0 Å². The van der Waals surface area contributed by atoms with E-state index in [4.69, 9.17) is 4.74 Å². The molecule has 7 nitrogen and oxygen atoms in total. The van der Waals surface area contributed by atoms with Crippen molar-refractivity contribution in [3.05, 3.63) is 75.7 Å². The summed E-state index contributed by atoms with van der Waals surface area (Å²) >= 11 is 0. The predicted molar refractivity (Wildman–Crippen MR) is 128 cm³/mol. The highest BCUT2D eigenvalue weighted by Crippen LogP contribution is 2.21. The summed E-state index contributed by atoms with van der Waals surface area (Å²) in [6, 6.07) is 14.0. The predicted octanol–water partition coefficient (Wildman–Crippen LogP) is 4.17. The van der Waals surface area contributed by atoms with Gasteiger partial charge in [-0.3, -0.25) is 14.4 Å². The maximum absolute atomic E-state index is 13.4. The topological polar surface area (TPSA) is 90.3 Å². The number of amides is 1. The fourth-order valence-electron chi connectivity index (χ4n) is 3.63. The molecule has 1 heterocycles. The summed E-state index contributed by atoms with van der Waals surface area (Å²) in [6.45, 7) is 9.90. The van der Waals surface area contributed by atoms with Crippen LogP contribution in [-0.2, 0) is 16.1 Å². The average molecular weight is 450 g/mol. The van der Waals surface area contributed by atoms with Gasteiger partial charge in [0.05, 0.1) is 24.0 Å². The van der Waals surface area contributed by atoms with E-state index in [2.05, 4.69) is 10.4 Å². The zero-order valence-corrected chi connectivity index (χ0v) is 19.8. The Morgan fingerprint density at radius 1 is 1.00 bits per heavy atom. The van der Waals surface area contributed by atoms with Crippen LogP contribution in [0.25, 0.3) is 10.8 Å². The van der Waals surface area contributed by atoms with E-state index in [1.165, 1.54) is 4.68 Å². The summed E-state index contributed by atoms with van der Waals surface area (Å²) in [6.07, 6.45) is -0.270. The molecule has 0 radical (unpaired) electrons. The first-order valence-corrected chi connectivity index (χ1v) is 11.2. The lowest BCUT2D eigenvalue weighted by Gasteiger charge is -2.20. The molecule has 0 bridgehead atoms. The van der Waals surface area contributed by atoms with Gasteiger partial charge in [0, 0.05) is 11.9 Å². The minimum Gasteiger partial charge on any atom is -0.463 e. The number of fused-ring (bicyclic) bond motifs is 1. The van der Waals surface area contributed by atoms with Gasteiger partial charge in [-0.05, 0) is 38.3 Å². The van der Waals surface area contributed by atoms with Crippen molar-refractivity contribution in [1.82, 2.24) is 15.1 Å². The molecule has 1 atom stereocenters. The van der Waals surface area contributed by atoms with Crippen molar-refractivity contribution in [2.75, 3.05) is 0 Å². The molecule has 1 N–H and O–H groups in total. The van der Waals surface area contributed by atoms with E-state index in [1.807, 2.05) is 45.0 Å². The summed E-state index contributed by atoms with van der Waals surface area (Å²) in [7, 11) is 0. The van der Waals surface area contributed by atoms with Crippen molar-refractivity contribution < 1.29 is 14.3 Å². The standard InChI is InChI=1S/C26H31N3O4/c1-16(2)15-29-26(32)21-9-7-6-8-20(21)24(28-29)25(31)27-22(14-23(30)33-17(3)4)19-12-10-18(5)11-13-19/h6-13,16-17,22H,14-15H2,1-5H3,(H,27,31). The Balaban J connectivity index is 2.00. The number of hydrogen-bond acceptors (Lipinski definition) is 5. The quantitative estimate of drug-likeness (QED) is 0.521. The Morgan fingerprint density at radius 2 is 1.64 bits per heavy atom. The normalized spacial score (nSPS) is 12.2. The van der Waals surface area contributed by atoms with Crippen LogP contribution in [-0.4, -0.2) is 27.8 Å². The van der Waals surface area contributed by atoms with Gasteiger partial charge in [0.15, 0.2) is 5.69 Å². The molecule has 7 heteroatoms. The SMILES string of the molecule is Cc1ccc(C(CC(=O)OC(C)C)NC(=O)c2nn(CC(C)C)c(=O)c3ccccc23)cc1. The Kier molecular flexibility index (Phi) is 7.63. The van der Waals surface area contributed by atoms with E-state index in [0.29, 0.717) is 17.3 Å². The maximum Gasteiger partial charge on any atom is 0.308 e. The molecule has 0 saturated carbocycles. The highest BCUT2D eigenvalue weighted by molar-refractivity contribution is 6.05. The molecule has 0 spiro atoms. The zero-order valence-electron chi connectivity index (χ0n) is 19.8. The fourth-order valence-corrected chi connectivity index (χ4v) is 3.63. The van der Waals surface area contributed by atoms with E-state index < -0.39 is 17.9 Å². The number of carbonyl (C=O) groups excluding carboxylic acids is 2. The number of benzene rings is 2. The van der Waals surface area contributed by atoms with Gasteiger partial charge in [0.1, 0.15) is 0 Å². The lowest BCUT2D eigenvalue weighted by atomic mass is 10.0. The van der Waals surface area contributed by atoms with Crippen molar-refractivity contribution >= 4 is 22.6 Å². The summed E-state index contributed by atoms with van der Waals surface area (Å²) < 4.78 is 6.65. The van der Waals surface area contributed by atoms with E-state index in [9.17, 15) is 14.4 Å². The number of aryl methyl sites for hydroxylation is 1. The zero-order chi connectivity index (χ0) is 24.1. The van der Waals surface area contributed by atoms with Crippen LogP contribution in [0.2, 0.25) is 0 Å². The molecule has 0 aliphatic carbocycles. The molecule has 0 aliphatic heterocycles.